The number of ether oxygens (including phenoxy) is 3. The molecule has 1 unspecified atom stereocenters. The molecular weight excluding hydrogens is 416 g/mol. The van der Waals surface area contributed by atoms with Crippen LogP contribution in [0.1, 0.15) is 45.4 Å². The Morgan fingerprint density at radius 3 is 2.47 bits per heavy atom. The van der Waals surface area contributed by atoms with E-state index in [9.17, 15) is 19.2 Å². The molecule has 1 aromatic heterocycles. The van der Waals surface area contributed by atoms with Gasteiger partial charge in [0.1, 0.15) is 5.75 Å². The second-order valence-electron chi connectivity index (χ2n) is 7.48. The predicted molar refractivity (Wildman–Crippen MR) is 115 cm³/mol. The van der Waals surface area contributed by atoms with Gasteiger partial charge in [0.25, 0.3) is 0 Å². The highest BCUT2D eigenvalue weighted by atomic mass is 16.5. The number of aromatic amines is 1. The van der Waals surface area contributed by atoms with Crippen LogP contribution in [-0.2, 0) is 19.1 Å². The van der Waals surface area contributed by atoms with Gasteiger partial charge < -0.3 is 24.1 Å². The minimum atomic E-state index is -0.668. The van der Waals surface area contributed by atoms with Crippen LogP contribution >= 0.6 is 0 Å². The van der Waals surface area contributed by atoms with Crippen molar-refractivity contribution in [3.05, 3.63) is 46.8 Å². The van der Waals surface area contributed by atoms with E-state index in [1.807, 2.05) is 6.92 Å². The number of anilines is 1. The van der Waals surface area contributed by atoms with Crippen LogP contribution in [0.5, 0.6) is 5.75 Å². The van der Waals surface area contributed by atoms with Crippen LogP contribution in [0.4, 0.5) is 5.69 Å². The van der Waals surface area contributed by atoms with Gasteiger partial charge in [-0.05, 0) is 50.6 Å². The molecule has 170 valence electrons. The van der Waals surface area contributed by atoms with Gasteiger partial charge in [-0.25, -0.2) is 4.79 Å². The van der Waals surface area contributed by atoms with E-state index >= 15 is 0 Å². The third kappa shape index (κ3) is 4.66. The first-order valence-corrected chi connectivity index (χ1v) is 10.3. The summed E-state index contributed by atoms with van der Waals surface area (Å²) in [6.45, 7) is 5.38. The summed E-state index contributed by atoms with van der Waals surface area (Å²) in [4.78, 5) is 53.7. The molecule has 0 spiro atoms. The first-order chi connectivity index (χ1) is 15.3. The Hall–Kier alpha value is -3.62. The molecule has 1 fully saturated rings. The fourth-order valence-electron chi connectivity index (χ4n) is 3.77. The highest BCUT2D eigenvalue weighted by Crippen LogP contribution is 2.27. The van der Waals surface area contributed by atoms with Crippen LogP contribution in [0.2, 0.25) is 0 Å². The van der Waals surface area contributed by atoms with Crippen molar-refractivity contribution in [1.29, 1.82) is 0 Å². The number of carbonyl (C=O) groups excluding carboxylic acids is 4. The number of nitrogens with zero attached hydrogens (tertiary/aromatic N) is 1. The maximum atomic E-state index is 12.5. The number of hydrogen-bond donors (Lipinski definition) is 1. The summed E-state index contributed by atoms with van der Waals surface area (Å²) in [7, 11) is 1.26. The van der Waals surface area contributed by atoms with Gasteiger partial charge in [0.05, 0.1) is 30.9 Å². The Kier molecular flexibility index (Phi) is 6.97. The van der Waals surface area contributed by atoms with E-state index in [4.69, 9.17) is 14.2 Å². The molecule has 1 aliphatic heterocycles. The minimum absolute atomic E-state index is 0.00730. The number of benzene rings is 1. The second kappa shape index (κ2) is 9.67. The zero-order chi connectivity index (χ0) is 23.4. The van der Waals surface area contributed by atoms with Crippen molar-refractivity contribution in [3.8, 4) is 5.75 Å². The maximum Gasteiger partial charge on any atom is 0.339 e. The number of Topliss-reactive ketones (excluding diaryl/α,β-unsaturated/α-hetero) is 1. The quantitative estimate of drug-likeness (QED) is 0.494. The molecule has 9 heteroatoms. The molecule has 32 heavy (non-hydrogen) atoms. The lowest BCUT2D eigenvalue weighted by molar-refractivity contribution is -0.147. The fraction of sp³-hybridized carbons (Fsp3) is 0.391. The number of H-pyrrole nitrogens is 1. The number of nitrogens with one attached hydrogen (secondary N) is 1. The Morgan fingerprint density at radius 1 is 1.16 bits per heavy atom. The van der Waals surface area contributed by atoms with Gasteiger partial charge in [0, 0.05) is 24.3 Å². The molecule has 1 atom stereocenters. The minimum Gasteiger partial charge on any atom is -0.494 e. The van der Waals surface area contributed by atoms with E-state index in [0.29, 0.717) is 29.3 Å². The molecule has 2 aromatic rings. The van der Waals surface area contributed by atoms with Crippen molar-refractivity contribution in [2.75, 3.05) is 31.8 Å². The average Bonchev–Trinajstić information content (AvgIpc) is 3.31. The first kappa shape index (κ1) is 23.1. The third-order valence-electron chi connectivity index (χ3n) is 5.37. The van der Waals surface area contributed by atoms with E-state index < -0.39 is 30.2 Å². The number of amides is 1. The number of ketones is 1. The molecule has 3 rings (SSSR count). The number of methoxy groups -OCH3 is 1. The van der Waals surface area contributed by atoms with Crippen molar-refractivity contribution in [1.82, 2.24) is 4.98 Å². The van der Waals surface area contributed by atoms with Gasteiger partial charge in [-0.2, -0.15) is 0 Å². The van der Waals surface area contributed by atoms with Crippen LogP contribution in [0.25, 0.3) is 0 Å². The van der Waals surface area contributed by atoms with Crippen LogP contribution < -0.4 is 9.64 Å². The summed E-state index contributed by atoms with van der Waals surface area (Å²) < 4.78 is 15.3. The Balaban J connectivity index is 1.60. The zero-order valence-electron chi connectivity index (χ0n) is 18.5. The first-order valence-electron chi connectivity index (χ1n) is 10.3. The van der Waals surface area contributed by atoms with Crippen LogP contribution in [-0.4, -0.2) is 55.5 Å². The number of rotatable bonds is 8. The molecule has 0 saturated carbocycles. The lowest BCUT2D eigenvalue weighted by atomic mass is 10.1. The van der Waals surface area contributed by atoms with Crippen LogP contribution in [0.15, 0.2) is 24.3 Å². The Bertz CT molecular complexity index is 1040. The molecule has 9 nitrogen and oxygen atoms in total. The number of aromatic nitrogens is 1. The number of carbonyl (C=O) groups is 4. The summed E-state index contributed by atoms with van der Waals surface area (Å²) in [5.41, 5.74) is 2.07. The molecule has 1 N–H and O–H groups in total. The largest absolute Gasteiger partial charge is 0.494 e. The smallest absolute Gasteiger partial charge is 0.339 e. The summed E-state index contributed by atoms with van der Waals surface area (Å²) in [5.74, 6) is -1.80. The predicted octanol–water partition coefficient (Wildman–Crippen LogP) is 2.60. The van der Waals surface area contributed by atoms with Crippen molar-refractivity contribution < 1.29 is 33.4 Å². The molecule has 1 aromatic carbocycles. The maximum absolute atomic E-state index is 12.5. The standard InChI is InChI=1S/C23H26N2O7/c1-5-31-17-8-6-16(7-9-17)25-11-15(10-19(25)27)22(28)32-12-18(26)21-13(2)20(14(3)24-21)23(29)30-4/h6-9,15,24H,5,10-12H2,1-4H3. The molecule has 0 radical (unpaired) electrons. The normalized spacial score (nSPS) is 15.6. The molecule has 2 heterocycles. The SMILES string of the molecule is CCOc1ccc(N2CC(C(=O)OCC(=O)c3[nH]c(C)c(C(=O)OC)c3C)CC2=O)cc1. The van der Waals surface area contributed by atoms with Crippen molar-refractivity contribution in [2.45, 2.75) is 27.2 Å². The summed E-state index contributed by atoms with van der Waals surface area (Å²) in [6, 6.07) is 7.05. The lowest BCUT2D eigenvalue weighted by Gasteiger charge is -2.17. The van der Waals surface area contributed by atoms with E-state index in [-0.39, 0.29) is 30.1 Å². The molecular formula is C23H26N2O7. The van der Waals surface area contributed by atoms with Crippen molar-refractivity contribution in [2.24, 2.45) is 5.92 Å². The Morgan fingerprint density at radius 2 is 1.84 bits per heavy atom. The highest BCUT2D eigenvalue weighted by Gasteiger charge is 2.36. The van der Waals surface area contributed by atoms with Gasteiger partial charge in [-0.3, -0.25) is 14.4 Å². The molecule has 1 saturated heterocycles. The van der Waals surface area contributed by atoms with Crippen LogP contribution in [0.3, 0.4) is 0 Å². The van der Waals surface area contributed by atoms with Gasteiger partial charge in [0.2, 0.25) is 11.7 Å². The summed E-state index contributed by atoms with van der Waals surface area (Å²) in [6.07, 6.45) is 0.00730. The number of esters is 2. The topological polar surface area (TPSA) is 115 Å². The average molecular weight is 442 g/mol. The second-order valence-corrected chi connectivity index (χ2v) is 7.48. The lowest BCUT2D eigenvalue weighted by Crippen LogP contribution is -2.27. The molecule has 0 bridgehead atoms. The van der Waals surface area contributed by atoms with E-state index in [2.05, 4.69) is 4.98 Å². The molecule has 0 aliphatic carbocycles. The fourth-order valence-corrected chi connectivity index (χ4v) is 3.77. The number of aryl methyl sites for hydroxylation is 1. The van der Waals surface area contributed by atoms with Gasteiger partial charge in [0.15, 0.2) is 6.61 Å². The van der Waals surface area contributed by atoms with Gasteiger partial charge >= 0.3 is 11.9 Å². The van der Waals surface area contributed by atoms with Crippen molar-refractivity contribution >= 4 is 29.3 Å². The number of hydrogen-bond acceptors (Lipinski definition) is 7. The zero-order valence-corrected chi connectivity index (χ0v) is 18.5. The third-order valence-corrected chi connectivity index (χ3v) is 5.37. The molecule has 1 aliphatic rings. The van der Waals surface area contributed by atoms with E-state index in [1.54, 1.807) is 38.1 Å². The van der Waals surface area contributed by atoms with E-state index in [1.165, 1.54) is 12.0 Å². The monoisotopic (exact) mass is 442 g/mol. The Labute approximate surface area is 185 Å². The van der Waals surface area contributed by atoms with Gasteiger partial charge in [-0.1, -0.05) is 0 Å². The van der Waals surface area contributed by atoms with Gasteiger partial charge in [-0.15, -0.1) is 0 Å². The summed E-state index contributed by atoms with van der Waals surface area (Å²) >= 11 is 0. The highest BCUT2D eigenvalue weighted by molar-refractivity contribution is 6.03. The summed E-state index contributed by atoms with van der Waals surface area (Å²) in [5, 5.41) is 0. The van der Waals surface area contributed by atoms with Crippen LogP contribution in [0, 0.1) is 19.8 Å². The molecule has 1 amide bonds. The van der Waals surface area contributed by atoms with Crippen molar-refractivity contribution in [3.63, 3.8) is 0 Å². The van der Waals surface area contributed by atoms with E-state index in [0.717, 1.165) is 0 Å².